The summed E-state index contributed by atoms with van der Waals surface area (Å²) in [5, 5.41) is 12.4. The van der Waals surface area contributed by atoms with Crippen molar-refractivity contribution in [2.24, 2.45) is 13.0 Å². The lowest BCUT2D eigenvalue weighted by Gasteiger charge is -2.06. The van der Waals surface area contributed by atoms with E-state index in [2.05, 4.69) is 20.1 Å². The van der Waals surface area contributed by atoms with Crippen LogP contribution < -0.4 is 5.32 Å². The zero-order chi connectivity index (χ0) is 11.4. The van der Waals surface area contributed by atoms with Gasteiger partial charge in [-0.3, -0.25) is 0 Å². The van der Waals surface area contributed by atoms with Crippen LogP contribution in [0, 0.1) is 5.92 Å². The third-order valence-corrected chi connectivity index (χ3v) is 3.98. The van der Waals surface area contributed by atoms with Gasteiger partial charge in [0.05, 0.1) is 13.2 Å². The summed E-state index contributed by atoms with van der Waals surface area (Å²) in [6.07, 6.45) is 1.17. The van der Waals surface area contributed by atoms with E-state index in [1.165, 1.54) is 6.42 Å². The first-order valence-corrected chi connectivity index (χ1v) is 6.53. The summed E-state index contributed by atoms with van der Waals surface area (Å²) in [6.45, 7) is 2.57. The molecule has 1 fully saturated rings. The fourth-order valence-electron chi connectivity index (χ4n) is 1.69. The molecule has 0 aliphatic carbocycles. The van der Waals surface area contributed by atoms with Gasteiger partial charge in [0.2, 0.25) is 0 Å². The standard InChI is InChI=1S/C10H18N4OS/c1-11-5-9-12-13-10(14(9)2)16-7-8-3-4-15-6-8/h8,11H,3-7H2,1-2H3/t8-/m0/s1. The van der Waals surface area contributed by atoms with Gasteiger partial charge in [-0.25, -0.2) is 0 Å². The Bertz CT molecular complexity index is 336. The Labute approximate surface area is 100.0 Å². The molecule has 1 aromatic rings. The van der Waals surface area contributed by atoms with E-state index in [1.54, 1.807) is 11.8 Å². The number of ether oxygens (including phenoxy) is 1. The normalized spacial score (nSPS) is 20.5. The molecule has 0 amide bonds. The Balaban J connectivity index is 1.88. The van der Waals surface area contributed by atoms with Crippen molar-refractivity contribution < 1.29 is 4.74 Å². The van der Waals surface area contributed by atoms with E-state index in [0.717, 1.165) is 36.5 Å². The highest BCUT2D eigenvalue weighted by atomic mass is 32.2. The third-order valence-electron chi connectivity index (χ3n) is 2.73. The van der Waals surface area contributed by atoms with Gasteiger partial charge in [0, 0.05) is 19.4 Å². The fraction of sp³-hybridized carbons (Fsp3) is 0.800. The largest absolute Gasteiger partial charge is 0.381 e. The predicted molar refractivity (Wildman–Crippen MR) is 63.4 cm³/mol. The third kappa shape index (κ3) is 2.75. The van der Waals surface area contributed by atoms with Gasteiger partial charge < -0.3 is 14.6 Å². The summed E-state index contributed by atoms with van der Waals surface area (Å²) in [4.78, 5) is 0. The molecule has 6 heteroatoms. The van der Waals surface area contributed by atoms with Crippen LogP contribution in [0.4, 0.5) is 0 Å². The summed E-state index contributed by atoms with van der Waals surface area (Å²) in [5.74, 6) is 2.73. The van der Waals surface area contributed by atoms with E-state index in [0.29, 0.717) is 5.92 Å². The van der Waals surface area contributed by atoms with Crippen molar-refractivity contribution in [1.29, 1.82) is 0 Å². The van der Waals surface area contributed by atoms with Crippen LogP contribution in [-0.4, -0.2) is 40.8 Å². The predicted octanol–water partition coefficient (Wildman–Crippen LogP) is 0.663. The maximum atomic E-state index is 5.35. The Hall–Kier alpha value is -0.590. The molecule has 1 aliphatic heterocycles. The van der Waals surface area contributed by atoms with Gasteiger partial charge in [-0.2, -0.15) is 0 Å². The average Bonchev–Trinajstić information content (AvgIpc) is 2.89. The fourth-order valence-corrected chi connectivity index (χ4v) is 2.74. The Morgan fingerprint density at radius 3 is 3.12 bits per heavy atom. The van der Waals surface area contributed by atoms with Crippen LogP contribution >= 0.6 is 11.8 Å². The summed E-state index contributed by atoms with van der Waals surface area (Å²) in [6, 6.07) is 0. The number of thioether (sulfide) groups is 1. The monoisotopic (exact) mass is 242 g/mol. The van der Waals surface area contributed by atoms with E-state index in [4.69, 9.17) is 4.74 Å². The second kappa shape index (κ2) is 5.65. The molecule has 1 atom stereocenters. The highest BCUT2D eigenvalue weighted by molar-refractivity contribution is 7.99. The molecule has 0 unspecified atom stereocenters. The van der Waals surface area contributed by atoms with Crippen molar-refractivity contribution >= 4 is 11.8 Å². The molecule has 0 aromatic carbocycles. The van der Waals surface area contributed by atoms with Crippen molar-refractivity contribution in [2.75, 3.05) is 26.0 Å². The second-order valence-electron chi connectivity index (χ2n) is 4.03. The van der Waals surface area contributed by atoms with Gasteiger partial charge in [0.25, 0.3) is 0 Å². The van der Waals surface area contributed by atoms with Crippen LogP contribution in [0.2, 0.25) is 0 Å². The Kier molecular flexibility index (Phi) is 4.20. The average molecular weight is 242 g/mol. The Morgan fingerprint density at radius 1 is 1.56 bits per heavy atom. The van der Waals surface area contributed by atoms with Crippen LogP contribution in [0.25, 0.3) is 0 Å². The molecule has 0 spiro atoms. The zero-order valence-electron chi connectivity index (χ0n) is 9.77. The van der Waals surface area contributed by atoms with Crippen LogP contribution in [-0.2, 0) is 18.3 Å². The quantitative estimate of drug-likeness (QED) is 0.769. The van der Waals surface area contributed by atoms with Gasteiger partial charge in [0.1, 0.15) is 5.82 Å². The smallest absolute Gasteiger partial charge is 0.190 e. The highest BCUT2D eigenvalue weighted by Gasteiger charge is 2.17. The lowest BCUT2D eigenvalue weighted by Crippen LogP contribution is -2.11. The van der Waals surface area contributed by atoms with Crippen LogP contribution in [0.1, 0.15) is 12.2 Å². The van der Waals surface area contributed by atoms with Gasteiger partial charge in [-0.05, 0) is 19.4 Å². The molecular weight excluding hydrogens is 224 g/mol. The maximum absolute atomic E-state index is 5.35. The maximum Gasteiger partial charge on any atom is 0.190 e. The van der Waals surface area contributed by atoms with E-state index < -0.39 is 0 Å². The minimum atomic E-state index is 0.675. The number of rotatable bonds is 5. The van der Waals surface area contributed by atoms with Crippen molar-refractivity contribution in [3.05, 3.63) is 5.82 Å². The van der Waals surface area contributed by atoms with Crippen molar-refractivity contribution in [3.8, 4) is 0 Å². The minimum Gasteiger partial charge on any atom is -0.381 e. The molecule has 2 rings (SSSR count). The van der Waals surface area contributed by atoms with E-state index in [-0.39, 0.29) is 0 Å². The number of hydrogen-bond donors (Lipinski definition) is 1. The molecule has 16 heavy (non-hydrogen) atoms. The summed E-state index contributed by atoms with van der Waals surface area (Å²) in [5.41, 5.74) is 0. The zero-order valence-corrected chi connectivity index (χ0v) is 10.6. The van der Waals surface area contributed by atoms with E-state index in [1.807, 2.05) is 14.1 Å². The SMILES string of the molecule is CNCc1nnc(SC[C@H]2CCOC2)n1C. The van der Waals surface area contributed by atoms with Gasteiger partial charge in [-0.1, -0.05) is 11.8 Å². The highest BCUT2D eigenvalue weighted by Crippen LogP contribution is 2.23. The van der Waals surface area contributed by atoms with Gasteiger partial charge in [-0.15, -0.1) is 10.2 Å². The van der Waals surface area contributed by atoms with E-state index >= 15 is 0 Å². The van der Waals surface area contributed by atoms with E-state index in [9.17, 15) is 0 Å². The first-order valence-electron chi connectivity index (χ1n) is 5.54. The molecule has 2 heterocycles. The summed E-state index contributed by atoms with van der Waals surface area (Å²) < 4.78 is 7.41. The first-order chi connectivity index (χ1) is 7.81. The molecule has 0 saturated carbocycles. The topological polar surface area (TPSA) is 52.0 Å². The lowest BCUT2D eigenvalue weighted by molar-refractivity contribution is 0.189. The number of aromatic nitrogens is 3. The molecule has 1 saturated heterocycles. The molecular formula is C10H18N4OS. The number of hydrogen-bond acceptors (Lipinski definition) is 5. The first kappa shape index (κ1) is 11.9. The van der Waals surface area contributed by atoms with Crippen LogP contribution in [0.15, 0.2) is 5.16 Å². The molecule has 5 nitrogen and oxygen atoms in total. The van der Waals surface area contributed by atoms with Crippen molar-refractivity contribution in [3.63, 3.8) is 0 Å². The number of nitrogens with zero attached hydrogens (tertiary/aromatic N) is 3. The summed E-state index contributed by atoms with van der Waals surface area (Å²) in [7, 11) is 3.93. The van der Waals surface area contributed by atoms with Gasteiger partial charge in [0.15, 0.2) is 5.16 Å². The van der Waals surface area contributed by atoms with Crippen molar-refractivity contribution in [2.45, 2.75) is 18.1 Å². The van der Waals surface area contributed by atoms with Crippen molar-refractivity contribution in [1.82, 2.24) is 20.1 Å². The van der Waals surface area contributed by atoms with Crippen LogP contribution in [0.3, 0.4) is 0 Å². The molecule has 1 N–H and O–H groups in total. The minimum absolute atomic E-state index is 0.675. The van der Waals surface area contributed by atoms with Gasteiger partial charge >= 0.3 is 0 Å². The molecule has 0 bridgehead atoms. The summed E-state index contributed by atoms with van der Waals surface area (Å²) >= 11 is 1.77. The molecule has 90 valence electrons. The lowest BCUT2D eigenvalue weighted by atomic mass is 10.2. The Morgan fingerprint density at radius 2 is 2.44 bits per heavy atom. The molecule has 1 aliphatic rings. The molecule has 0 radical (unpaired) electrons. The number of nitrogens with one attached hydrogen (secondary N) is 1. The second-order valence-corrected chi connectivity index (χ2v) is 5.02. The molecule has 1 aromatic heterocycles. The van der Waals surface area contributed by atoms with Crippen LogP contribution in [0.5, 0.6) is 0 Å².